The molecule has 0 saturated carbocycles. The van der Waals surface area contributed by atoms with Crippen molar-refractivity contribution in [3.63, 3.8) is 0 Å². The van der Waals surface area contributed by atoms with Crippen LogP contribution in [0, 0.1) is 22.5 Å². The van der Waals surface area contributed by atoms with Crippen molar-refractivity contribution in [3.8, 4) is 0 Å². The molecule has 0 radical (unpaired) electrons. The lowest BCUT2D eigenvalue weighted by atomic mass is 9.81. The molecule has 0 bridgehead atoms. The molecule has 7 heteroatoms. The molecule has 0 saturated heterocycles. The van der Waals surface area contributed by atoms with E-state index in [0.717, 1.165) is 0 Å². The van der Waals surface area contributed by atoms with Crippen molar-refractivity contribution in [3.05, 3.63) is 33.9 Å². The van der Waals surface area contributed by atoms with E-state index in [9.17, 15) is 14.9 Å². The number of carbonyl (C=O) groups excluding carboxylic acids is 1. The van der Waals surface area contributed by atoms with Crippen LogP contribution in [0.1, 0.15) is 32.3 Å². The lowest BCUT2D eigenvalue weighted by molar-refractivity contribution is -0.385. The molecule has 0 aliphatic carbocycles. The molecule has 3 N–H and O–H groups in total. The van der Waals surface area contributed by atoms with Gasteiger partial charge in [-0.15, -0.1) is 12.4 Å². The molecule has 21 heavy (non-hydrogen) atoms. The molecule has 0 aliphatic heterocycles. The number of nitrogens with one attached hydrogen (secondary N) is 1. The Balaban J connectivity index is 0.00000400. The first-order chi connectivity index (χ1) is 9.40. The number of amides is 1. The summed E-state index contributed by atoms with van der Waals surface area (Å²) in [7, 11) is 0. The third-order valence-corrected chi connectivity index (χ3v) is 3.89. The number of nitro groups is 1. The first-order valence-corrected chi connectivity index (χ1v) is 6.66. The molecular formula is C14H22ClN3O3. The van der Waals surface area contributed by atoms with Gasteiger partial charge < -0.3 is 11.1 Å². The first kappa shape index (κ1) is 19.3. The molecule has 0 fully saturated rings. The molecule has 6 nitrogen and oxygen atoms in total. The largest absolute Gasteiger partial charge is 0.329 e. The summed E-state index contributed by atoms with van der Waals surface area (Å²) in [6.45, 7) is 5.73. The van der Waals surface area contributed by atoms with Crippen LogP contribution < -0.4 is 11.1 Å². The second-order valence-corrected chi connectivity index (χ2v) is 4.90. The van der Waals surface area contributed by atoms with Gasteiger partial charge in [0.25, 0.3) is 5.69 Å². The van der Waals surface area contributed by atoms with Gasteiger partial charge in [0.2, 0.25) is 5.91 Å². The quantitative estimate of drug-likeness (QED) is 0.622. The minimum absolute atomic E-state index is 0. The molecule has 1 rings (SSSR count). The number of halogens is 1. The van der Waals surface area contributed by atoms with Crippen molar-refractivity contribution < 1.29 is 9.72 Å². The van der Waals surface area contributed by atoms with Crippen molar-refractivity contribution in [1.29, 1.82) is 0 Å². The molecule has 0 aromatic heterocycles. The lowest BCUT2D eigenvalue weighted by Crippen LogP contribution is -2.41. The van der Waals surface area contributed by atoms with Crippen molar-refractivity contribution >= 4 is 29.7 Å². The number of hydrogen-bond donors (Lipinski definition) is 2. The maximum Gasteiger partial charge on any atom is 0.274 e. The Morgan fingerprint density at radius 3 is 2.38 bits per heavy atom. The zero-order chi connectivity index (χ0) is 15.3. The Morgan fingerprint density at radius 1 is 1.38 bits per heavy atom. The molecule has 118 valence electrons. The van der Waals surface area contributed by atoms with Crippen LogP contribution in [0.3, 0.4) is 0 Å². The Kier molecular flexibility index (Phi) is 7.32. The van der Waals surface area contributed by atoms with Crippen molar-refractivity contribution in [1.82, 2.24) is 0 Å². The Morgan fingerprint density at radius 2 is 1.95 bits per heavy atom. The van der Waals surface area contributed by atoms with Crippen LogP contribution in [0.5, 0.6) is 0 Å². The summed E-state index contributed by atoms with van der Waals surface area (Å²) in [4.78, 5) is 22.8. The van der Waals surface area contributed by atoms with Gasteiger partial charge in [-0.05, 0) is 25.8 Å². The summed E-state index contributed by atoms with van der Waals surface area (Å²) >= 11 is 0. The normalized spacial score (nSPS) is 10.7. The van der Waals surface area contributed by atoms with Crippen molar-refractivity contribution in [2.24, 2.45) is 11.1 Å². The van der Waals surface area contributed by atoms with E-state index in [1.807, 2.05) is 13.8 Å². The van der Waals surface area contributed by atoms with Gasteiger partial charge >= 0.3 is 0 Å². The highest BCUT2D eigenvalue weighted by Gasteiger charge is 2.33. The van der Waals surface area contributed by atoms with Gasteiger partial charge in [0, 0.05) is 23.9 Å². The molecule has 0 atom stereocenters. The van der Waals surface area contributed by atoms with Crippen LogP contribution in [0.25, 0.3) is 0 Å². The topological polar surface area (TPSA) is 98.3 Å². The average molecular weight is 316 g/mol. The maximum absolute atomic E-state index is 12.3. The van der Waals surface area contributed by atoms with Crippen LogP contribution in [0.15, 0.2) is 18.2 Å². The molecule has 0 heterocycles. The Bertz CT molecular complexity index is 508. The van der Waals surface area contributed by atoms with E-state index in [1.165, 1.54) is 6.07 Å². The van der Waals surface area contributed by atoms with Gasteiger partial charge in [-0.3, -0.25) is 14.9 Å². The number of rotatable bonds is 6. The number of hydrogen-bond acceptors (Lipinski definition) is 4. The SMILES string of the molecule is CCC(CC)(CN)C(=O)Nc1ccc(C)c([N+](=O)[O-])c1.Cl. The maximum atomic E-state index is 12.3. The summed E-state index contributed by atoms with van der Waals surface area (Å²) < 4.78 is 0. The van der Waals surface area contributed by atoms with E-state index in [0.29, 0.717) is 24.1 Å². The van der Waals surface area contributed by atoms with E-state index < -0.39 is 10.3 Å². The van der Waals surface area contributed by atoms with Crippen LogP contribution in [-0.2, 0) is 4.79 Å². The highest BCUT2D eigenvalue weighted by atomic mass is 35.5. The smallest absolute Gasteiger partial charge is 0.274 e. The van der Waals surface area contributed by atoms with Gasteiger partial charge in [-0.1, -0.05) is 19.9 Å². The van der Waals surface area contributed by atoms with E-state index in [2.05, 4.69) is 5.32 Å². The highest BCUT2D eigenvalue weighted by molar-refractivity contribution is 5.95. The zero-order valence-corrected chi connectivity index (χ0v) is 13.3. The molecule has 1 amide bonds. The van der Waals surface area contributed by atoms with E-state index >= 15 is 0 Å². The standard InChI is InChI=1S/C14H21N3O3.ClH/c1-4-14(5-2,9-15)13(18)16-11-7-6-10(3)12(8-11)17(19)20;/h6-8H,4-5,9,15H2,1-3H3,(H,16,18);1H. The predicted molar refractivity (Wildman–Crippen MR) is 85.8 cm³/mol. The van der Waals surface area contributed by atoms with Crippen LogP contribution in [-0.4, -0.2) is 17.4 Å². The molecule has 0 aliphatic rings. The average Bonchev–Trinajstić information content (AvgIpc) is 2.43. The fourth-order valence-electron chi connectivity index (χ4n) is 2.10. The molecule has 0 spiro atoms. The minimum atomic E-state index is -0.625. The number of aryl methyl sites for hydroxylation is 1. The number of anilines is 1. The number of nitrogens with zero attached hydrogens (tertiary/aromatic N) is 1. The first-order valence-electron chi connectivity index (χ1n) is 6.66. The fourth-order valence-corrected chi connectivity index (χ4v) is 2.10. The summed E-state index contributed by atoms with van der Waals surface area (Å²) in [6, 6.07) is 4.66. The van der Waals surface area contributed by atoms with Crippen LogP contribution in [0.4, 0.5) is 11.4 Å². The number of carbonyl (C=O) groups is 1. The summed E-state index contributed by atoms with van der Waals surface area (Å²) in [6.07, 6.45) is 1.25. The van der Waals surface area contributed by atoms with Crippen molar-refractivity contribution in [2.75, 3.05) is 11.9 Å². The third kappa shape index (κ3) is 4.15. The number of benzene rings is 1. The van der Waals surface area contributed by atoms with Crippen molar-refractivity contribution in [2.45, 2.75) is 33.6 Å². The number of nitrogens with two attached hydrogens (primary N) is 1. The van der Waals surface area contributed by atoms with E-state index in [-0.39, 0.29) is 30.5 Å². The fraction of sp³-hybridized carbons (Fsp3) is 0.500. The molecule has 0 unspecified atom stereocenters. The summed E-state index contributed by atoms with van der Waals surface area (Å²) in [5.74, 6) is -0.192. The Labute approximate surface area is 130 Å². The molecular weight excluding hydrogens is 294 g/mol. The second-order valence-electron chi connectivity index (χ2n) is 4.90. The van der Waals surface area contributed by atoms with E-state index in [1.54, 1.807) is 19.1 Å². The minimum Gasteiger partial charge on any atom is -0.329 e. The van der Waals surface area contributed by atoms with Gasteiger partial charge in [-0.2, -0.15) is 0 Å². The van der Waals surface area contributed by atoms with Gasteiger partial charge in [-0.25, -0.2) is 0 Å². The van der Waals surface area contributed by atoms with Gasteiger partial charge in [0.05, 0.1) is 10.3 Å². The Hall–Kier alpha value is -1.66. The summed E-state index contributed by atoms with van der Waals surface area (Å²) in [5, 5.41) is 13.6. The van der Waals surface area contributed by atoms with E-state index in [4.69, 9.17) is 5.73 Å². The van der Waals surface area contributed by atoms with Gasteiger partial charge in [0.1, 0.15) is 0 Å². The predicted octanol–water partition coefficient (Wildman–Crippen LogP) is 3.03. The second kappa shape index (κ2) is 7.95. The monoisotopic (exact) mass is 315 g/mol. The summed E-state index contributed by atoms with van der Waals surface area (Å²) in [5.41, 5.74) is 6.07. The third-order valence-electron chi connectivity index (χ3n) is 3.89. The molecule has 1 aromatic carbocycles. The van der Waals surface area contributed by atoms with Gasteiger partial charge in [0.15, 0.2) is 0 Å². The highest BCUT2D eigenvalue weighted by Crippen LogP contribution is 2.28. The zero-order valence-electron chi connectivity index (χ0n) is 12.5. The van der Waals surface area contributed by atoms with Crippen LogP contribution in [0.2, 0.25) is 0 Å². The lowest BCUT2D eigenvalue weighted by Gasteiger charge is -2.28. The molecule has 1 aromatic rings. The number of nitro benzene ring substituents is 1. The van der Waals surface area contributed by atoms with Crippen LogP contribution >= 0.6 is 12.4 Å².